The monoisotopic (exact) mass is 311 g/mol. The predicted molar refractivity (Wildman–Crippen MR) is 88.7 cm³/mol. The standard InChI is InChI=1S/C17H17N3OS/c1-13-18-19-17(20(13)15-9-4-3-5-10-15)22-12-14-8-6-7-11-16(14)21-2/h3-11H,12H2,1-2H3. The second-order valence-electron chi connectivity index (χ2n) is 4.80. The van der Waals surface area contributed by atoms with Gasteiger partial charge in [-0.3, -0.25) is 4.57 Å². The van der Waals surface area contributed by atoms with Gasteiger partial charge in [0.2, 0.25) is 0 Å². The van der Waals surface area contributed by atoms with E-state index in [-0.39, 0.29) is 0 Å². The fraction of sp³-hybridized carbons (Fsp3) is 0.176. The minimum Gasteiger partial charge on any atom is -0.496 e. The molecule has 0 aliphatic heterocycles. The van der Waals surface area contributed by atoms with Crippen LogP contribution in [0.25, 0.3) is 5.69 Å². The number of benzene rings is 2. The maximum atomic E-state index is 5.40. The van der Waals surface area contributed by atoms with Crippen LogP contribution in [0.4, 0.5) is 0 Å². The van der Waals surface area contributed by atoms with Gasteiger partial charge in [0.15, 0.2) is 5.16 Å². The van der Waals surface area contributed by atoms with Gasteiger partial charge < -0.3 is 4.74 Å². The van der Waals surface area contributed by atoms with Gasteiger partial charge in [0.1, 0.15) is 11.6 Å². The summed E-state index contributed by atoms with van der Waals surface area (Å²) in [4.78, 5) is 0. The first-order valence-electron chi connectivity index (χ1n) is 7.01. The van der Waals surface area contributed by atoms with E-state index < -0.39 is 0 Å². The first-order chi connectivity index (χ1) is 10.8. The predicted octanol–water partition coefficient (Wildman–Crippen LogP) is 3.88. The van der Waals surface area contributed by atoms with Gasteiger partial charge in [-0.15, -0.1) is 10.2 Å². The first-order valence-corrected chi connectivity index (χ1v) is 8.00. The molecule has 0 spiro atoms. The van der Waals surface area contributed by atoms with Crippen LogP contribution in [0.2, 0.25) is 0 Å². The molecule has 0 fully saturated rings. The van der Waals surface area contributed by atoms with Crippen LogP contribution in [0.5, 0.6) is 5.75 Å². The highest BCUT2D eigenvalue weighted by atomic mass is 32.2. The van der Waals surface area contributed by atoms with Crippen molar-refractivity contribution >= 4 is 11.8 Å². The molecule has 112 valence electrons. The molecule has 0 amide bonds. The van der Waals surface area contributed by atoms with E-state index in [1.165, 1.54) is 0 Å². The highest BCUT2D eigenvalue weighted by Gasteiger charge is 2.12. The molecule has 22 heavy (non-hydrogen) atoms. The van der Waals surface area contributed by atoms with Gasteiger partial charge in [0, 0.05) is 17.0 Å². The summed E-state index contributed by atoms with van der Waals surface area (Å²) in [5.41, 5.74) is 2.22. The number of para-hydroxylation sites is 2. The summed E-state index contributed by atoms with van der Waals surface area (Å²) in [6.45, 7) is 1.97. The fourth-order valence-electron chi connectivity index (χ4n) is 2.28. The molecule has 0 aliphatic carbocycles. The van der Waals surface area contributed by atoms with Gasteiger partial charge in [-0.05, 0) is 25.1 Å². The summed E-state index contributed by atoms with van der Waals surface area (Å²) in [5, 5.41) is 9.39. The zero-order valence-electron chi connectivity index (χ0n) is 12.6. The summed E-state index contributed by atoms with van der Waals surface area (Å²) >= 11 is 1.65. The van der Waals surface area contributed by atoms with E-state index >= 15 is 0 Å². The van der Waals surface area contributed by atoms with Crippen molar-refractivity contribution in [3.05, 3.63) is 66.0 Å². The number of ether oxygens (including phenoxy) is 1. The molecule has 0 radical (unpaired) electrons. The smallest absolute Gasteiger partial charge is 0.196 e. The molecule has 1 heterocycles. The molecule has 0 saturated carbocycles. The highest BCUT2D eigenvalue weighted by molar-refractivity contribution is 7.98. The van der Waals surface area contributed by atoms with Crippen LogP contribution >= 0.6 is 11.8 Å². The van der Waals surface area contributed by atoms with Gasteiger partial charge in [-0.2, -0.15) is 0 Å². The second-order valence-corrected chi connectivity index (χ2v) is 5.74. The quantitative estimate of drug-likeness (QED) is 0.671. The van der Waals surface area contributed by atoms with E-state index in [9.17, 15) is 0 Å². The summed E-state index contributed by atoms with van der Waals surface area (Å²) in [6.07, 6.45) is 0. The Labute approximate surface area is 134 Å². The maximum absolute atomic E-state index is 5.40. The molecule has 1 aromatic heterocycles. The van der Waals surface area contributed by atoms with Crippen LogP contribution in [0.3, 0.4) is 0 Å². The number of methoxy groups -OCH3 is 1. The molecule has 0 atom stereocenters. The van der Waals surface area contributed by atoms with Gasteiger partial charge in [-0.25, -0.2) is 0 Å². The molecule has 3 aromatic rings. The number of hydrogen-bond donors (Lipinski definition) is 0. The number of thioether (sulfide) groups is 1. The molecule has 3 rings (SSSR count). The Morgan fingerprint density at radius 1 is 1.00 bits per heavy atom. The number of nitrogens with zero attached hydrogens (tertiary/aromatic N) is 3. The van der Waals surface area contributed by atoms with Crippen LogP contribution in [-0.4, -0.2) is 21.9 Å². The lowest BCUT2D eigenvalue weighted by Gasteiger charge is -2.10. The average Bonchev–Trinajstić information content (AvgIpc) is 2.94. The van der Waals surface area contributed by atoms with Crippen molar-refractivity contribution in [3.63, 3.8) is 0 Å². The third kappa shape index (κ3) is 2.99. The molecule has 0 unspecified atom stereocenters. The van der Waals surface area contributed by atoms with Crippen LogP contribution in [0.1, 0.15) is 11.4 Å². The molecule has 4 nitrogen and oxygen atoms in total. The maximum Gasteiger partial charge on any atom is 0.196 e. The number of aryl methyl sites for hydroxylation is 1. The fourth-order valence-corrected chi connectivity index (χ4v) is 3.26. The highest BCUT2D eigenvalue weighted by Crippen LogP contribution is 2.28. The molecule has 0 bridgehead atoms. The Morgan fingerprint density at radius 3 is 2.50 bits per heavy atom. The van der Waals surface area contributed by atoms with Crippen LogP contribution in [0, 0.1) is 6.92 Å². The minimum absolute atomic E-state index is 0.787. The zero-order valence-corrected chi connectivity index (χ0v) is 13.4. The Balaban J connectivity index is 1.85. The molecule has 0 saturated heterocycles. The number of hydrogen-bond acceptors (Lipinski definition) is 4. The molecule has 0 N–H and O–H groups in total. The topological polar surface area (TPSA) is 39.9 Å². The van der Waals surface area contributed by atoms with E-state index in [4.69, 9.17) is 4.74 Å². The van der Waals surface area contributed by atoms with Crippen LogP contribution < -0.4 is 4.74 Å². The van der Waals surface area contributed by atoms with E-state index in [0.29, 0.717) is 0 Å². The Hall–Kier alpha value is -2.27. The summed E-state index contributed by atoms with van der Waals surface area (Å²) < 4.78 is 7.47. The average molecular weight is 311 g/mol. The van der Waals surface area contributed by atoms with E-state index in [0.717, 1.165) is 33.7 Å². The van der Waals surface area contributed by atoms with Gasteiger partial charge in [0.25, 0.3) is 0 Å². The first kappa shape index (κ1) is 14.7. The van der Waals surface area contributed by atoms with Crippen molar-refractivity contribution in [1.82, 2.24) is 14.8 Å². The van der Waals surface area contributed by atoms with Crippen molar-refractivity contribution in [2.45, 2.75) is 17.8 Å². The van der Waals surface area contributed by atoms with Crippen molar-refractivity contribution in [3.8, 4) is 11.4 Å². The second kappa shape index (κ2) is 6.66. The lowest BCUT2D eigenvalue weighted by molar-refractivity contribution is 0.411. The SMILES string of the molecule is COc1ccccc1CSc1nnc(C)n1-c1ccccc1. The largest absolute Gasteiger partial charge is 0.496 e. The number of aromatic nitrogens is 3. The molecule has 0 aliphatic rings. The lowest BCUT2D eigenvalue weighted by Crippen LogP contribution is -1.99. The third-order valence-corrected chi connectivity index (χ3v) is 4.34. The number of rotatable bonds is 5. The van der Waals surface area contributed by atoms with E-state index in [1.807, 2.05) is 43.3 Å². The third-order valence-electron chi connectivity index (χ3n) is 3.36. The summed E-state index contributed by atoms with van der Waals surface area (Å²) in [7, 11) is 1.69. The summed E-state index contributed by atoms with van der Waals surface area (Å²) in [5.74, 6) is 2.57. The normalized spacial score (nSPS) is 10.6. The van der Waals surface area contributed by atoms with Crippen molar-refractivity contribution in [2.24, 2.45) is 0 Å². The van der Waals surface area contributed by atoms with Crippen LogP contribution in [0.15, 0.2) is 59.8 Å². The van der Waals surface area contributed by atoms with Crippen molar-refractivity contribution in [1.29, 1.82) is 0 Å². The molecular weight excluding hydrogens is 294 g/mol. The Bertz CT molecular complexity index is 756. The van der Waals surface area contributed by atoms with Gasteiger partial charge in [-0.1, -0.05) is 48.2 Å². The van der Waals surface area contributed by atoms with Gasteiger partial charge in [0.05, 0.1) is 7.11 Å². The van der Waals surface area contributed by atoms with Crippen LogP contribution in [-0.2, 0) is 5.75 Å². The summed E-state index contributed by atoms with van der Waals surface area (Å²) in [6, 6.07) is 18.2. The Kier molecular flexibility index (Phi) is 4.44. The van der Waals surface area contributed by atoms with Crippen molar-refractivity contribution < 1.29 is 4.74 Å². The molecular formula is C17H17N3OS. The zero-order chi connectivity index (χ0) is 15.4. The molecule has 2 aromatic carbocycles. The van der Waals surface area contributed by atoms with Crippen molar-refractivity contribution in [2.75, 3.05) is 7.11 Å². The van der Waals surface area contributed by atoms with E-state index in [2.05, 4.69) is 33.0 Å². The van der Waals surface area contributed by atoms with Gasteiger partial charge >= 0.3 is 0 Å². The minimum atomic E-state index is 0.787. The molecule has 5 heteroatoms. The Morgan fingerprint density at radius 2 is 1.73 bits per heavy atom. The van der Waals surface area contributed by atoms with E-state index in [1.54, 1.807) is 18.9 Å². The lowest BCUT2D eigenvalue weighted by atomic mass is 10.2.